The molecule has 0 fully saturated rings. The fourth-order valence-electron chi connectivity index (χ4n) is 1.81. The maximum Gasteiger partial charge on any atom is 0.262 e. The summed E-state index contributed by atoms with van der Waals surface area (Å²) >= 11 is 0. The van der Waals surface area contributed by atoms with Gasteiger partial charge in [-0.2, -0.15) is 5.26 Å². The monoisotopic (exact) mass is 302 g/mol. The average molecular weight is 302 g/mol. The van der Waals surface area contributed by atoms with Crippen molar-refractivity contribution in [3.63, 3.8) is 0 Å². The minimum absolute atomic E-state index is 0.0245. The first-order valence-electron chi connectivity index (χ1n) is 7.34. The van der Waals surface area contributed by atoms with Crippen molar-refractivity contribution in [2.75, 3.05) is 13.2 Å². The Kier molecular flexibility index (Phi) is 6.97. The molecule has 0 aliphatic heterocycles. The van der Waals surface area contributed by atoms with E-state index < -0.39 is 0 Å². The van der Waals surface area contributed by atoms with Gasteiger partial charge < -0.3 is 14.8 Å². The lowest BCUT2D eigenvalue weighted by molar-refractivity contribution is -0.117. The van der Waals surface area contributed by atoms with Crippen LogP contribution in [0.3, 0.4) is 0 Å². The van der Waals surface area contributed by atoms with E-state index in [0.717, 1.165) is 0 Å². The highest BCUT2D eigenvalue weighted by Gasteiger charge is 2.11. The van der Waals surface area contributed by atoms with E-state index in [0.29, 0.717) is 30.3 Å². The van der Waals surface area contributed by atoms with Gasteiger partial charge in [0.05, 0.1) is 13.2 Å². The first-order chi connectivity index (χ1) is 10.5. The summed E-state index contributed by atoms with van der Waals surface area (Å²) in [6.45, 7) is 8.51. The molecule has 5 nitrogen and oxygen atoms in total. The van der Waals surface area contributed by atoms with Gasteiger partial charge in [-0.15, -0.1) is 0 Å². The number of ether oxygens (including phenoxy) is 2. The summed E-state index contributed by atoms with van der Waals surface area (Å²) in [6.07, 6.45) is 1.54. The third-order valence-corrected chi connectivity index (χ3v) is 2.66. The van der Waals surface area contributed by atoms with Crippen molar-refractivity contribution in [1.29, 1.82) is 5.26 Å². The van der Waals surface area contributed by atoms with Crippen LogP contribution in [0.4, 0.5) is 0 Å². The molecule has 0 bridgehead atoms. The normalized spacial score (nSPS) is 11.0. The van der Waals surface area contributed by atoms with E-state index in [1.54, 1.807) is 18.2 Å². The van der Waals surface area contributed by atoms with Crippen molar-refractivity contribution in [3.05, 3.63) is 29.3 Å². The molecule has 0 saturated carbocycles. The molecule has 0 saturated heterocycles. The van der Waals surface area contributed by atoms with E-state index in [2.05, 4.69) is 5.32 Å². The molecule has 0 radical (unpaired) electrons. The van der Waals surface area contributed by atoms with Crippen molar-refractivity contribution >= 4 is 12.0 Å². The molecule has 1 aromatic carbocycles. The zero-order valence-electron chi connectivity index (χ0n) is 13.5. The fourth-order valence-corrected chi connectivity index (χ4v) is 1.81. The quantitative estimate of drug-likeness (QED) is 0.621. The fraction of sp³-hybridized carbons (Fsp3) is 0.412. The van der Waals surface area contributed by atoms with Crippen LogP contribution in [0, 0.1) is 11.3 Å². The largest absolute Gasteiger partial charge is 0.490 e. The average Bonchev–Trinajstić information content (AvgIpc) is 2.46. The standard InChI is InChI=1S/C17H22N2O3/c1-5-21-15-8-7-13(10-16(15)22-6-2)9-14(11-18)17(20)19-12(3)4/h7-10,12H,5-6H2,1-4H3,(H,19,20)/b14-9-. The number of nitriles is 1. The molecule has 0 aliphatic carbocycles. The van der Waals surface area contributed by atoms with Crippen LogP contribution in [-0.4, -0.2) is 25.2 Å². The van der Waals surface area contributed by atoms with E-state index >= 15 is 0 Å². The van der Waals surface area contributed by atoms with Gasteiger partial charge in [-0.25, -0.2) is 0 Å². The van der Waals surface area contributed by atoms with Crippen LogP contribution in [0.2, 0.25) is 0 Å². The number of carbonyl (C=O) groups is 1. The van der Waals surface area contributed by atoms with Crippen LogP contribution in [0.1, 0.15) is 33.3 Å². The van der Waals surface area contributed by atoms with Crippen LogP contribution < -0.4 is 14.8 Å². The van der Waals surface area contributed by atoms with Crippen molar-refractivity contribution < 1.29 is 14.3 Å². The molecule has 1 N–H and O–H groups in total. The molecule has 1 aromatic rings. The Hall–Kier alpha value is -2.48. The second-order valence-electron chi connectivity index (χ2n) is 4.87. The van der Waals surface area contributed by atoms with Crippen molar-refractivity contribution in [3.8, 4) is 17.6 Å². The molecule has 22 heavy (non-hydrogen) atoms. The lowest BCUT2D eigenvalue weighted by atomic mass is 10.1. The van der Waals surface area contributed by atoms with Gasteiger partial charge in [0.1, 0.15) is 11.6 Å². The summed E-state index contributed by atoms with van der Waals surface area (Å²) in [5.74, 6) is 0.857. The summed E-state index contributed by atoms with van der Waals surface area (Å²) in [4.78, 5) is 11.9. The highest BCUT2D eigenvalue weighted by molar-refractivity contribution is 6.01. The number of hydrogen-bond donors (Lipinski definition) is 1. The second-order valence-corrected chi connectivity index (χ2v) is 4.87. The number of benzene rings is 1. The van der Waals surface area contributed by atoms with Gasteiger partial charge in [-0.3, -0.25) is 4.79 Å². The van der Waals surface area contributed by atoms with Crippen LogP contribution >= 0.6 is 0 Å². The number of nitrogens with one attached hydrogen (secondary N) is 1. The van der Waals surface area contributed by atoms with Gasteiger partial charge in [-0.1, -0.05) is 6.07 Å². The molecule has 0 atom stereocenters. The summed E-state index contributed by atoms with van der Waals surface area (Å²) < 4.78 is 11.0. The number of amides is 1. The molecule has 1 rings (SSSR count). The van der Waals surface area contributed by atoms with E-state index in [1.165, 1.54) is 6.08 Å². The van der Waals surface area contributed by atoms with Gasteiger partial charge in [0.2, 0.25) is 0 Å². The second kappa shape index (κ2) is 8.73. The van der Waals surface area contributed by atoms with E-state index in [4.69, 9.17) is 14.7 Å². The molecule has 0 spiro atoms. The minimum Gasteiger partial charge on any atom is -0.490 e. The summed E-state index contributed by atoms with van der Waals surface area (Å²) in [5, 5.41) is 11.8. The van der Waals surface area contributed by atoms with Gasteiger partial charge >= 0.3 is 0 Å². The summed E-state index contributed by atoms with van der Waals surface area (Å²) in [7, 11) is 0. The Balaban J connectivity index is 3.09. The molecular weight excluding hydrogens is 280 g/mol. The van der Waals surface area contributed by atoms with E-state index in [1.807, 2.05) is 33.8 Å². The first-order valence-corrected chi connectivity index (χ1v) is 7.34. The smallest absolute Gasteiger partial charge is 0.262 e. The lowest BCUT2D eigenvalue weighted by Crippen LogP contribution is -2.30. The van der Waals surface area contributed by atoms with Crippen molar-refractivity contribution in [1.82, 2.24) is 5.32 Å². The van der Waals surface area contributed by atoms with E-state index in [-0.39, 0.29) is 17.5 Å². The van der Waals surface area contributed by atoms with Crippen LogP contribution in [0.5, 0.6) is 11.5 Å². The highest BCUT2D eigenvalue weighted by Crippen LogP contribution is 2.29. The molecule has 0 unspecified atom stereocenters. The van der Waals surface area contributed by atoms with Crippen molar-refractivity contribution in [2.24, 2.45) is 0 Å². The van der Waals surface area contributed by atoms with Crippen molar-refractivity contribution in [2.45, 2.75) is 33.7 Å². The predicted octanol–water partition coefficient (Wildman–Crippen LogP) is 2.92. The van der Waals surface area contributed by atoms with Gasteiger partial charge in [0.15, 0.2) is 11.5 Å². The molecule has 0 aromatic heterocycles. The third kappa shape index (κ3) is 5.13. The Morgan fingerprint density at radius 1 is 1.27 bits per heavy atom. The predicted molar refractivity (Wildman–Crippen MR) is 85.6 cm³/mol. The molecule has 118 valence electrons. The zero-order valence-corrected chi connectivity index (χ0v) is 13.5. The summed E-state index contributed by atoms with van der Waals surface area (Å²) in [5.41, 5.74) is 0.766. The molecule has 0 aliphatic rings. The molecule has 5 heteroatoms. The Morgan fingerprint density at radius 3 is 2.45 bits per heavy atom. The van der Waals surface area contributed by atoms with Crippen LogP contribution in [0.15, 0.2) is 23.8 Å². The number of carbonyl (C=O) groups excluding carboxylic acids is 1. The van der Waals surface area contributed by atoms with Crippen LogP contribution in [-0.2, 0) is 4.79 Å². The summed E-state index contributed by atoms with van der Waals surface area (Å²) in [6, 6.07) is 7.22. The van der Waals surface area contributed by atoms with Gasteiger partial charge in [-0.05, 0) is 51.5 Å². The zero-order chi connectivity index (χ0) is 16.5. The molecular formula is C17H22N2O3. The number of hydrogen-bond acceptors (Lipinski definition) is 4. The van der Waals surface area contributed by atoms with E-state index in [9.17, 15) is 4.79 Å². The maximum absolute atomic E-state index is 11.9. The number of rotatable bonds is 7. The Bertz CT molecular complexity index is 586. The molecule has 1 amide bonds. The Labute approximate surface area is 131 Å². The SMILES string of the molecule is CCOc1ccc(/C=C(/C#N)C(=O)NC(C)C)cc1OCC. The Morgan fingerprint density at radius 2 is 1.91 bits per heavy atom. The van der Waals surface area contributed by atoms with Crippen LogP contribution in [0.25, 0.3) is 6.08 Å². The topological polar surface area (TPSA) is 71.3 Å². The highest BCUT2D eigenvalue weighted by atomic mass is 16.5. The maximum atomic E-state index is 11.9. The molecule has 0 heterocycles. The first kappa shape index (κ1) is 17.6. The lowest BCUT2D eigenvalue weighted by Gasteiger charge is -2.11. The van der Waals surface area contributed by atoms with Gasteiger partial charge in [0, 0.05) is 6.04 Å². The number of nitrogens with zero attached hydrogens (tertiary/aromatic N) is 1. The third-order valence-electron chi connectivity index (χ3n) is 2.66. The minimum atomic E-state index is -0.385. The van der Waals surface area contributed by atoms with Gasteiger partial charge in [0.25, 0.3) is 5.91 Å².